The van der Waals surface area contributed by atoms with E-state index in [4.69, 9.17) is 16.3 Å². The number of ether oxygens (including phenoxy) is 1. The molecule has 0 aliphatic carbocycles. The predicted molar refractivity (Wildman–Crippen MR) is 157 cm³/mol. The second-order valence-corrected chi connectivity index (χ2v) is 11.6. The number of H-pyrrole nitrogens is 1. The first-order chi connectivity index (χ1) is 19.0. The molecule has 0 radical (unpaired) electrons. The number of amides is 1. The highest BCUT2D eigenvalue weighted by atomic mass is 35.5. The van der Waals surface area contributed by atoms with E-state index >= 15 is 0 Å². The lowest BCUT2D eigenvalue weighted by Crippen LogP contribution is -2.55. The fourth-order valence-corrected chi connectivity index (χ4v) is 6.42. The molecule has 6 rings (SSSR count). The second kappa shape index (κ2) is 11.0. The summed E-state index contributed by atoms with van der Waals surface area (Å²) in [4.78, 5) is 16.0. The van der Waals surface area contributed by atoms with Crippen LogP contribution in [0.3, 0.4) is 0 Å². The number of morpholine rings is 1. The van der Waals surface area contributed by atoms with Crippen LogP contribution in [0, 0.1) is 5.92 Å². The van der Waals surface area contributed by atoms with Gasteiger partial charge in [-0.25, -0.2) is 0 Å². The van der Waals surface area contributed by atoms with Crippen LogP contribution in [-0.4, -0.2) is 41.4 Å². The first-order valence-corrected chi connectivity index (χ1v) is 14.4. The molecule has 2 bridgehead atoms. The van der Waals surface area contributed by atoms with Crippen LogP contribution in [0.2, 0.25) is 5.02 Å². The van der Waals surface area contributed by atoms with Gasteiger partial charge in [0.2, 0.25) is 0 Å². The van der Waals surface area contributed by atoms with Crippen molar-refractivity contribution in [1.82, 2.24) is 15.5 Å². The fourth-order valence-electron chi connectivity index (χ4n) is 6.16. The number of nitrogens with one attached hydrogen (secondary N) is 2. The maximum Gasteiger partial charge on any atom is 0.251 e. The summed E-state index contributed by atoms with van der Waals surface area (Å²) in [6, 6.07) is 22.9. The van der Waals surface area contributed by atoms with Gasteiger partial charge in [0.15, 0.2) is 0 Å². The van der Waals surface area contributed by atoms with Gasteiger partial charge in [0.05, 0.1) is 42.5 Å². The molecule has 0 spiro atoms. The van der Waals surface area contributed by atoms with Gasteiger partial charge < -0.3 is 15.0 Å². The molecule has 0 saturated carbocycles. The van der Waals surface area contributed by atoms with Crippen LogP contribution in [0.1, 0.15) is 61.5 Å². The number of carbonyl (C=O) groups excluding carboxylic acids is 1. The van der Waals surface area contributed by atoms with E-state index in [1.54, 1.807) is 0 Å². The van der Waals surface area contributed by atoms with E-state index < -0.39 is 0 Å². The number of benzene rings is 3. The van der Waals surface area contributed by atoms with Crippen molar-refractivity contribution in [3.8, 4) is 11.3 Å². The number of aromatic nitrogens is 2. The van der Waals surface area contributed by atoms with Crippen molar-refractivity contribution >= 4 is 34.1 Å². The molecule has 39 heavy (non-hydrogen) atoms. The maximum atomic E-state index is 13.4. The molecule has 2 fully saturated rings. The normalized spacial score (nSPS) is 19.8. The average Bonchev–Trinajstić information content (AvgIpc) is 3.36. The molecular weight excluding hydrogens is 508 g/mol. The van der Waals surface area contributed by atoms with Gasteiger partial charge >= 0.3 is 0 Å². The van der Waals surface area contributed by atoms with Crippen molar-refractivity contribution in [2.45, 2.75) is 57.7 Å². The minimum Gasteiger partial charge on any atom is -0.377 e. The molecule has 1 unspecified atom stereocenters. The van der Waals surface area contributed by atoms with Gasteiger partial charge in [0.1, 0.15) is 0 Å². The number of piperidine rings is 1. The molecule has 2 aliphatic heterocycles. The van der Waals surface area contributed by atoms with Crippen molar-refractivity contribution in [1.29, 1.82) is 0 Å². The van der Waals surface area contributed by atoms with Crippen LogP contribution in [0.15, 0.2) is 66.7 Å². The highest BCUT2D eigenvalue weighted by Gasteiger charge is 2.34. The molecular formula is C32H35ClN4O2. The number of fused-ring (bicyclic) bond motifs is 3. The third-order valence-corrected chi connectivity index (χ3v) is 8.38. The van der Waals surface area contributed by atoms with Crippen LogP contribution in [0.5, 0.6) is 0 Å². The number of anilines is 1. The number of hydrogen-bond donors (Lipinski definition) is 2. The van der Waals surface area contributed by atoms with Gasteiger partial charge in [-0.15, -0.1) is 0 Å². The molecule has 4 aromatic rings. The topological polar surface area (TPSA) is 70.2 Å². The summed E-state index contributed by atoms with van der Waals surface area (Å²) >= 11 is 6.50. The summed E-state index contributed by atoms with van der Waals surface area (Å²) in [5.74, 6) is 0.276. The van der Waals surface area contributed by atoms with Crippen molar-refractivity contribution < 1.29 is 9.53 Å². The van der Waals surface area contributed by atoms with Crippen LogP contribution in [0.4, 0.5) is 5.69 Å². The smallest absolute Gasteiger partial charge is 0.251 e. The Morgan fingerprint density at radius 2 is 1.82 bits per heavy atom. The number of rotatable bonds is 7. The summed E-state index contributed by atoms with van der Waals surface area (Å²) in [5.41, 5.74) is 5.55. The van der Waals surface area contributed by atoms with Gasteiger partial charge in [-0.1, -0.05) is 55.8 Å². The Kier molecular flexibility index (Phi) is 7.32. The van der Waals surface area contributed by atoms with Gasteiger partial charge in [0.25, 0.3) is 5.91 Å². The lowest BCUT2D eigenvalue weighted by molar-refractivity contribution is 0.0463. The Balaban J connectivity index is 1.26. The SMILES string of the molecule is CC(C)CC(NC(=O)c1ccc2[nH]nc(-c3ccc(N4[C@@H]5CCC[C@H]4COC5)cc3)c2c1)c1ccccc1Cl. The van der Waals surface area contributed by atoms with E-state index in [-0.39, 0.29) is 11.9 Å². The summed E-state index contributed by atoms with van der Waals surface area (Å²) in [6.45, 7) is 5.91. The highest BCUT2D eigenvalue weighted by Crippen LogP contribution is 2.35. The summed E-state index contributed by atoms with van der Waals surface area (Å²) in [6.07, 6.45) is 4.44. The Bertz CT molecular complexity index is 1440. The fraction of sp³-hybridized carbons (Fsp3) is 0.375. The quantitative estimate of drug-likeness (QED) is 0.260. The van der Waals surface area contributed by atoms with Crippen molar-refractivity contribution in [2.75, 3.05) is 18.1 Å². The Hall–Kier alpha value is -3.35. The largest absolute Gasteiger partial charge is 0.377 e. The molecule has 6 nitrogen and oxygen atoms in total. The molecule has 2 saturated heterocycles. The van der Waals surface area contributed by atoms with Gasteiger partial charge in [-0.2, -0.15) is 5.10 Å². The van der Waals surface area contributed by atoms with Crippen molar-refractivity contribution in [3.05, 3.63) is 82.9 Å². The number of halogens is 1. The van der Waals surface area contributed by atoms with Crippen LogP contribution >= 0.6 is 11.6 Å². The first kappa shape index (κ1) is 25.9. The van der Waals surface area contributed by atoms with E-state index in [1.165, 1.54) is 24.9 Å². The number of carbonyl (C=O) groups is 1. The Morgan fingerprint density at radius 3 is 2.54 bits per heavy atom. The summed E-state index contributed by atoms with van der Waals surface area (Å²) < 4.78 is 5.83. The Morgan fingerprint density at radius 1 is 1.08 bits per heavy atom. The molecule has 7 heteroatoms. The molecule has 3 atom stereocenters. The minimum atomic E-state index is -0.169. The number of aromatic amines is 1. The molecule has 202 valence electrons. The second-order valence-electron chi connectivity index (χ2n) is 11.2. The zero-order valence-electron chi connectivity index (χ0n) is 22.5. The van der Waals surface area contributed by atoms with E-state index in [0.29, 0.717) is 28.6 Å². The van der Waals surface area contributed by atoms with E-state index in [9.17, 15) is 4.79 Å². The minimum absolute atomic E-state index is 0.121. The van der Waals surface area contributed by atoms with Gasteiger partial charge in [-0.3, -0.25) is 9.89 Å². The summed E-state index contributed by atoms with van der Waals surface area (Å²) in [7, 11) is 0. The zero-order chi connectivity index (χ0) is 26.9. The van der Waals surface area contributed by atoms with E-state index in [1.807, 2.05) is 42.5 Å². The van der Waals surface area contributed by atoms with Gasteiger partial charge in [-0.05, 0) is 73.6 Å². The van der Waals surface area contributed by atoms with E-state index in [2.05, 4.69) is 58.5 Å². The zero-order valence-corrected chi connectivity index (χ0v) is 23.2. The maximum absolute atomic E-state index is 13.4. The third kappa shape index (κ3) is 5.28. The van der Waals surface area contributed by atoms with Crippen molar-refractivity contribution in [3.63, 3.8) is 0 Å². The number of hydrogen-bond acceptors (Lipinski definition) is 4. The molecule has 2 N–H and O–H groups in total. The molecule has 2 aliphatic rings. The molecule has 1 amide bonds. The van der Waals surface area contributed by atoms with Gasteiger partial charge in [0, 0.05) is 27.2 Å². The molecule has 1 aromatic heterocycles. The summed E-state index contributed by atoms with van der Waals surface area (Å²) in [5, 5.41) is 12.6. The van der Waals surface area contributed by atoms with Crippen LogP contribution in [-0.2, 0) is 4.74 Å². The van der Waals surface area contributed by atoms with Crippen LogP contribution < -0.4 is 10.2 Å². The third-order valence-electron chi connectivity index (χ3n) is 8.04. The Labute approximate surface area is 234 Å². The monoisotopic (exact) mass is 542 g/mol. The standard InChI is InChI=1S/C32H35ClN4O2/c1-20(2)16-30(26-8-3-4-9-28(26)33)34-32(38)22-12-15-29-27(17-22)31(36-35-29)21-10-13-23(14-11-21)37-24-6-5-7-25(37)19-39-18-24/h3-4,8-15,17,20,24-25,30H,5-7,16,18-19H2,1-2H3,(H,34,38)(H,35,36)/t24-,25+,30?. The molecule has 3 aromatic carbocycles. The predicted octanol–water partition coefficient (Wildman–Crippen LogP) is 7.16. The molecule has 3 heterocycles. The lowest BCUT2D eigenvalue weighted by Gasteiger charge is -2.47. The lowest BCUT2D eigenvalue weighted by atomic mass is 9.93. The van der Waals surface area contributed by atoms with Crippen LogP contribution in [0.25, 0.3) is 22.2 Å². The number of nitrogens with zero attached hydrogens (tertiary/aromatic N) is 2. The highest BCUT2D eigenvalue weighted by molar-refractivity contribution is 6.31. The average molecular weight is 543 g/mol. The van der Waals surface area contributed by atoms with Crippen molar-refractivity contribution in [2.24, 2.45) is 5.92 Å². The van der Waals surface area contributed by atoms with E-state index in [0.717, 1.165) is 47.4 Å². The first-order valence-electron chi connectivity index (χ1n) is 14.0.